The van der Waals surface area contributed by atoms with E-state index in [4.69, 9.17) is 0 Å². The number of nitrogens with one attached hydrogen (secondary N) is 3. The molecule has 2 aliphatic heterocycles. The van der Waals surface area contributed by atoms with Gasteiger partial charge >= 0.3 is 0 Å². The zero-order valence-corrected chi connectivity index (χ0v) is 15.2. The highest BCUT2D eigenvalue weighted by atomic mass is 32.2. The van der Waals surface area contributed by atoms with Crippen LogP contribution in [0.3, 0.4) is 0 Å². The van der Waals surface area contributed by atoms with Gasteiger partial charge in [0.25, 0.3) is 5.91 Å². The molecule has 1 aromatic heterocycles. The lowest BCUT2D eigenvalue weighted by molar-refractivity contribution is -0.113. The molecule has 0 spiro atoms. The first kappa shape index (κ1) is 17.0. The van der Waals surface area contributed by atoms with Crippen LogP contribution < -0.4 is 16.0 Å². The second-order valence-corrected chi connectivity index (χ2v) is 7.46. The van der Waals surface area contributed by atoms with Crippen LogP contribution in [-0.4, -0.2) is 45.4 Å². The quantitative estimate of drug-likeness (QED) is 0.756. The minimum atomic E-state index is -0.273. The molecule has 0 saturated carbocycles. The van der Waals surface area contributed by atoms with Crippen molar-refractivity contribution in [2.45, 2.75) is 23.7 Å². The summed E-state index contributed by atoms with van der Waals surface area (Å²) in [5, 5.41) is 13.4. The summed E-state index contributed by atoms with van der Waals surface area (Å²) in [7, 11) is 1.77. The topological polar surface area (TPSA) is 101 Å². The van der Waals surface area contributed by atoms with Crippen LogP contribution >= 0.6 is 11.8 Å². The fourth-order valence-corrected chi connectivity index (χ4v) is 3.95. The summed E-state index contributed by atoms with van der Waals surface area (Å²) in [5.74, 6) is 1.60. The Hall–Kier alpha value is -2.39. The van der Waals surface area contributed by atoms with Gasteiger partial charge in [0, 0.05) is 23.4 Å². The molecule has 0 radical (unpaired) electrons. The minimum absolute atomic E-state index is 0.0556. The molecule has 0 bridgehead atoms. The van der Waals surface area contributed by atoms with Gasteiger partial charge in [-0.25, -0.2) is 4.68 Å². The number of carbonyl (C=O) groups is 2. The van der Waals surface area contributed by atoms with E-state index in [0.717, 1.165) is 36.7 Å². The van der Waals surface area contributed by atoms with Crippen LogP contribution in [0.25, 0.3) is 0 Å². The van der Waals surface area contributed by atoms with Crippen LogP contribution in [0.15, 0.2) is 23.1 Å². The van der Waals surface area contributed by atoms with E-state index in [1.807, 2.05) is 6.07 Å². The molecule has 0 atom stereocenters. The molecule has 0 aliphatic carbocycles. The van der Waals surface area contributed by atoms with Crippen molar-refractivity contribution in [2.75, 3.05) is 29.5 Å². The van der Waals surface area contributed by atoms with Gasteiger partial charge in [-0.05, 0) is 44.1 Å². The van der Waals surface area contributed by atoms with Crippen LogP contribution in [0.4, 0.5) is 11.6 Å². The first-order chi connectivity index (χ1) is 12.6. The summed E-state index contributed by atoms with van der Waals surface area (Å²) in [6.45, 7) is 1.92. The zero-order chi connectivity index (χ0) is 18.1. The molecule has 26 heavy (non-hydrogen) atoms. The predicted octanol–water partition coefficient (Wildman–Crippen LogP) is 1.58. The van der Waals surface area contributed by atoms with Gasteiger partial charge in [0.15, 0.2) is 5.82 Å². The molecule has 8 nitrogen and oxygen atoms in total. The number of benzene rings is 1. The molecule has 1 fully saturated rings. The van der Waals surface area contributed by atoms with Gasteiger partial charge in [-0.1, -0.05) is 0 Å². The summed E-state index contributed by atoms with van der Waals surface area (Å²) in [6, 6.07) is 5.30. The third kappa shape index (κ3) is 3.45. The minimum Gasteiger partial charge on any atom is -0.324 e. The van der Waals surface area contributed by atoms with Gasteiger partial charge in [-0.15, -0.1) is 11.8 Å². The number of carbonyl (C=O) groups excluding carboxylic acids is 2. The molecular formula is C17H20N6O2S. The maximum absolute atomic E-state index is 12.6. The highest BCUT2D eigenvalue weighted by Crippen LogP contribution is 2.32. The van der Waals surface area contributed by atoms with Crippen molar-refractivity contribution >= 4 is 35.2 Å². The molecule has 4 rings (SSSR count). The molecule has 9 heteroatoms. The Kier molecular flexibility index (Phi) is 4.64. The van der Waals surface area contributed by atoms with E-state index in [-0.39, 0.29) is 11.8 Å². The fourth-order valence-electron chi connectivity index (χ4n) is 3.16. The number of aryl methyl sites for hydroxylation is 1. The number of anilines is 2. The molecule has 2 aromatic rings. The largest absolute Gasteiger partial charge is 0.324 e. The Morgan fingerprint density at radius 3 is 2.96 bits per heavy atom. The Bertz CT molecular complexity index is 859. The number of nitrogens with zero attached hydrogens (tertiary/aromatic N) is 3. The number of amides is 2. The number of hydrogen-bond donors (Lipinski definition) is 3. The number of aromatic nitrogens is 3. The molecule has 1 saturated heterocycles. The fraction of sp³-hybridized carbons (Fsp3) is 0.412. The summed E-state index contributed by atoms with van der Waals surface area (Å²) in [4.78, 5) is 29.6. The second kappa shape index (κ2) is 7.08. The SMILES string of the molecule is Cn1nc(C2CCNCC2)nc1NC(=O)c1ccc2c(c1)NC(=O)CS2. The normalized spacial score (nSPS) is 17.5. The van der Waals surface area contributed by atoms with E-state index in [2.05, 4.69) is 26.0 Å². The van der Waals surface area contributed by atoms with Gasteiger partial charge in [0.1, 0.15) is 0 Å². The predicted molar refractivity (Wildman–Crippen MR) is 99.6 cm³/mol. The molecule has 1 aromatic carbocycles. The van der Waals surface area contributed by atoms with Crippen LogP contribution in [0.2, 0.25) is 0 Å². The van der Waals surface area contributed by atoms with Crippen molar-refractivity contribution in [3.8, 4) is 0 Å². The molecular weight excluding hydrogens is 352 g/mol. The molecule has 0 unspecified atom stereocenters. The van der Waals surface area contributed by atoms with E-state index in [1.54, 1.807) is 23.9 Å². The van der Waals surface area contributed by atoms with E-state index < -0.39 is 0 Å². The van der Waals surface area contributed by atoms with E-state index in [1.165, 1.54) is 11.8 Å². The van der Waals surface area contributed by atoms with Gasteiger partial charge < -0.3 is 10.6 Å². The van der Waals surface area contributed by atoms with Crippen LogP contribution in [0.5, 0.6) is 0 Å². The van der Waals surface area contributed by atoms with Crippen LogP contribution in [-0.2, 0) is 11.8 Å². The average molecular weight is 372 g/mol. The maximum atomic E-state index is 12.6. The van der Waals surface area contributed by atoms with Gasteiger partial charge in [-0.3, -0.25) is 14.9 Å². The highest BCUT2D eigenvalue weighted by Gasteiger charge is 2.22. The van der Waals surface area contributed by atoms with E-state index in [9.17, 15) is 9.59 Å². The number of thioether (sulfide) groups is 1. The van der Waals surface area contributed by atoms with Gasteiger partial charge in [0.2, 0.25) is 11.9 Å². The maximum Gasteiger partial charge on any atom is 0.258 e. The van der Waals surface area contributed by atoms with Crippen molar-refractivity contribution in [1.82, 2.24) is 20.1 Å². The highest BCUT2D eigenvalue weighted by molar-refractivity contribution is 8.00. The van der Waals surface area contributed by atoms with Gasteiger partial charge in [-0.2, -0.15) is 10.1 Å². The first-order valence-corrected chi connectivity index (χ1v) is 9.58. The summed E-state index contributed by atoms with van der Waals surface area (Å²) >= 11 is 1.47. The summed E-state index contributed by atoms with van der Waals surface area (Å²) < 4.78 is 1.60. The number of rotatable bonds is 3. The monoisotopic (exact) mass is 372 g/mol. The van der Waals surface area contributed by atoms with Crippen LogP contribution in [0, 0.1) is 0 Å². The molecule has 3 heterocycles. The lowest BCUT2D eigenvalue weighted by Crippen LogP contribution is -2.27. The summed E-state index contributed by atoms with van der Waals surface area (Å²) in [6.07, 6.45) is 2.00. The molecule has 2 amide bonds. The summed E-state index contributed by atoms with van der Waals surface area (Å²) in [5.41, 5.74) is 1.14. The molecule has 3 N–H and O–H groups in total. The average Bonchev–Trinajstić information content (AvgIpc) is 3.02. The Labute approximate surface area is 155 Å². The van der Waals surface area contributed by atoms with Gasteiger partial charge in [0.05, 0.1) is 11.4 Å². The number of hydrogen-bond acceptors (Lipinski definition) is 6. The second-order valence-electron chi connectivity index (χ2n) is 6.44. The zero-order valence-electron chi connectivity index (χ0n) is 14.4. The Morgan fingerprint density at radius 2 is 2.15 bits per heavy atom. The molecule has 136 valence electrons. The van der Waals surface area contributed by atoms with Crippen molar-refractivity contribution in [2.24, 2.45) is 7.05 Å². The number of fused-ring (bicyclic) bond motifs is 1. The third-order valence-corrected chi connectivity index (χ3v) is 5.66. The smallest absolute Gasteiger partial charge is 0.258 e. The lowest BCUT2D eigenvalue weighted by atomic mass is 9.98. The Balaban J connectivity index is 1.50. The number of piperidine rings is 1. The first-order valence-electron chi connectivity index (χ1n) is 8.60. The Morgan fingerprint density at radius 1 is 1.35 bits per heavy atom. The third-order valence-electron chi connectivity index (χ3n) is 4.58. The lowest BCUT2D eigenvalue weighted by Gasteiger charge is -2.19. The molecule has 2 aliphatic rings. The van der Waals surface area contributed by atoms with Crippen molar-refractivity contribution < 1.29 is 9.59 Å². The van der Waals surface area contributed by atoms with Crippen molar-refractivity contribution in [3.63, 3.8) is 0 Å². The standard InChI is InChI=1S/C17H20N6O2S/c1-23-17(20-15(22-23)10-4-6-18-7-5-10)21-16(25)11-2-3-13-12(8-11)19-14(24)9-26-13/h2-3,8,10,18H,4-7,9H2,1H3,(H,19,24)(H,20,21,22,25). The van der Waals surface area contributed by atoms with Crippen molar-refractivity contribution in [1.29, 1.82) is 0 Å². The van der Waals surface area contributed by atoms with Crippen LogP contribution in [0.1, 0.15) is 34.9 Å². The van der Waals surface area contributed by atoms with Crippen molar-refractivity contribution in [3.05, 3.63) is 29.6 Å². The van der Waals surface area contributed by atoms with E-state index in [0.29, 0.717) is 28.9 Å². The van der Waals surface area contributed by atoms with E-state index >= 15 is 0 Å².